The predicted octanol–water partition coefficient (Wildman–Crippen LogP) is 5.69. The van der Waals surface area contributed by atoms with Crippen LogP contribution in [0.1, 0.15) is 72.6 Å². The molecule has 0 rings (SSSR count). The van der Waals surface area contributed by atoms with Gasteiger partial charge in [0.15, 0.2) is 0 Å². The largest absolute Gasteiger partial charge is 0.465 e. The number of esters is 1. The second kappa shape index (κ2) is 12.1. The summed E-state index contributed by atoms with van der Waals surface area (Å²) in [5.41, 5.74) is 0. The quantitative estimate of drug-likeness (QED) is 0.318. The molecule has 5 heteroatoms. The highest BCUT2D eigenvalue weighted by Crippen LogP contribution is 2.28. The number of alkyl halides is 2. The minimum absolute atomic E-state index is 0.0483. The third-order valence-corrected chi connectivity index (χ3v) is 4.62. The van der Waals surface area contributed by atoms with Crippen LogP contribution in [-0.2, 0) is 9.53 Å². The van der Waals surface area contributed by atoms with E-state index in [-0.39, 0.29) is 24.1 Å². The van der Waals surface area contributed by atoms with E-state index in [1.54, 1.807) is 6.92 Å². The van der Waals surface area contributed by atoms with Crippen molar-refractivity contribution in [3.63, 3.8) is 0 Å². The van der Waals surface area contributed by atoms with Gasteiger partial charge in [-0.1, -0.05) is 47.0 Å². The molecule has 0 heterocycles. The van der Waals surface area contributed by atoms with Gasteiger partial charge in [-0.05, 0) is 24.5 Å². The van der Waals surface area contributed by atoms with Crippen LogP contribution >= 0.6 is 11.8 Å². The molecule has 22 heavy (non-hydrogen) atoms. The minimum atomic E-state index is -2.56. The maximum absolute atomic E-state index is 13.4. The summed E-state index contributed by atoms with van der Waals surface area (Å²) < 4.78 is 32.1. The SMILES string of the molecule is CCCCC(SCCCC(F)(F)CCC)C(=O)OCC(C)C. The summed E-state index contributed by atoms with van der Waals surface area (Å²) >= 11 is 1.47. The van der Waals surface area contributed by atoms with Crippen LogP contribution in [-0.4, -0.2) is 29.5 Å². The highest BCUT2D eigenvalue weighted by molar-refractivity contribution is 8.00. The number of ether oxygens (including phenoxy) is 1. The maximum Gasteiger partial charge on any atom is 0.319 e. The third-order valence-electron chi connectivity index (χ3n) is 3.26. The summed E-state index contributed by atoms with van der Waals surface area (Å²) in [4.78, 5) is 12.1. The van der Waals surface area contributed by atoms with Gasteiger partial charge in [-0.3, -0.25) is 4.79 Å². The average Bonchev–Trinajstić information content (AvgIpc) is 2.43. The van der Waals surface area contributed by atoms with Crippen molar-refractivity contribution in [3.05, 3.63) is 0 Å². The van der Waals surface area contributed by atoms with Crippen molar-refractivity contribution in [2.75, 3.05) is 12.4 Å². The van der Waals surface area contributed by atoms with E-state index in [9.17, 15) is 13.6 Å². The Balaban J connectivity index is 4.16. The number of halogens is 2. The molecule has 0 saturated heterocycles. The van der Waals surface area contributed by atoms with Crippen LogP contribution in [0, 0.1) is 5.92 Å². The number of carbonyl (C=O) groups is 1. The Morgan fingerprint density at radius 1 is 1.14 bits per heavy atom. The molecule has 1 unspecified atom stereocenters. The van der Waals surface area contributed by atoms with Crippen LogP contribution < -0.4 is 0 Å². The fourth-order valence-corrected chi connectivity index (χ4v) is 3.18. The Labute approximate surface area is 138 Å². The molecular weight excluding hydrogens is 306 g/mol. The molecule has 132 valence electrons. The first-order chi connectivity index (χ1) is 10.3. The Hall–Kier alpha value is -0.320. The molecule has 0 saturated carbocycles. The molecule has 0 aromatic heterocycles. The van der Waals surface area contributed by atoms with Crippen LogP contribution in [0.3, 0.4) is 0 Å². The average molecular weight is 339 g/mol. The maximum atomic E-state index is 13.4. The van der Waals surface area contributed by atoms with Crippen molar-refractivity contribution in [2.24, 2.45) is 5.92 Å². The van der Waals surface area contributed by atoms with Gasteiger partial charge in [0.05, 0.1) is 6.61 Å². The lowest BCUT2D eigenvalue weighted by atomic mass is 10.1. The van der Waals surface area contributed by atoms with E-state index in [4.69, 9.17) is 4.74 Å². The summed E-state index contributed by atoms with van der Waals surface area (Å²) in [5, 5.41) is -0.210. The third kappa shape index (κ3) is 11.3. The zero-order valence-electron chi connectivity index (χ0n) is 14.5. The minimum Gasteiger partial charge on any atom is -0.465 e. The van der Waals surface area contributed by atoms with Crippen LogP contribution in [0.15, 0.2) is 0 Å². The van der Waals surface area contributed by atoms with Crippen molar-refractivity contribution in [1.82, 2.24) is 0 Å². The monoisotopic (exact) mass is 338 g/mol. The highest BCUT2D eigenvalue weighted by Gasteiger charge is 2.27. The van der Waals surface area contributed by atoms with Gasteiger partial charge < -0.3 is 4.74 Å². The summed E-state index contributed by atoms with van der Waals surface area (Å²) in [5.74, 6) is -1.85. The number of hydrogen-bond acceptors (Lipinski definition) is 3. The second-order valence-corrected chi connectivity index (χ2v) is 7.55. The van der Waals surface area contributed by atoms with Crippen LogP contribution in [0.5, 0.6) is 0 Å². The van der Waals surface area contributed by atoms with E-state index in [0.29, 0.717) is 31.1 Å². The van der Waals surface area contributed by atoms with E-state index < -0.39 is 5.92 Å². The molecule has 0 aromatic carbocycles. The van der Waals surface area contributed by atoms with E-state index in [0.717, 1.165) is 19.3 Å². The van der Waals surface area contributed by atoms with Crippen molar-refractivity contribution in [3.8, 4) is 0 Å². The normalized spacial score (nSPS) is 13.4. The number of hydrogen-bond donors (Lipinski definition) is 0. The molecule has 2 nitrogen and oxygen atoms in total. The molecule has 0 aromatic rings. The lowest BCUT2D eigenvalue weighted by Crippen LogP contribution is -2.23. The van der Waals surface area contributed by atoms with Gasteiger partial charge in [0.2, 0.25) is 5.92 Å². The first-order valence-corrected chi connectivity index (χ1v) is 9.53. The Morgan fingerprint density at radius 2 is 1.82 bits per heavy atom. The molecule has 0 aliphatic heterocycles. The first-order valence-electron chi connectivity index (χ1n) is 8.48. The van der Waals surface area contributed by atoms with Crippen LogP contribution in [0.4, 0.5) is 8.78 Å². The van der Waals surface area contributed by atoms with Gasteiger partial charge in [0.1, 0.15) is 5.25 Å². The summed E-state index contributed by atoms with van der Waals surface area (Å²) in [6.45, 7) is 8.27. The standard InChI is InChI=1S/C17H32F2O2S/c1-5-7-9-15(16(20)21-13-14(3)4)22-12-8-11-17(18,19)10-6-2/h14-15H,5-13H2,1-4H3. The van der Waals surface area contributed by atoms with Gasteiger partial charge in [-0.15, -0.1) is 11.8 Å². The van der Waals surface area contributed by atoms with Gasteiger partial charge in [-0.25, -0.2) is 8.78 Å². The second-order valence-electron chi connectivity index (χ2n) is 6.24. The predicted molar refractivity (Wildman–Crippen MR) is 90.7 cm³/mol. The molecule has 0 N–H and O–H groups in total. The van der Waals surface area contributed by atoms with Gasteiger partial charge in [-0.2, -0.15) is 0 Å². The smallest absolute Gasteiger partial charge is 0.319 e. The molecule has 0 amide bonds. The van der Waals surface area contributed by atoms with Crippen molar-refractivity contribution in [1.29, 1.82) is 0 Å². The Bertz CT molecular complexity index is 296. The summed E-state index contributed by atoms with van der Waals surface area (Å²) in [7, 11) is 0. The highest BCUT2D eigenvalue weighted by atomic mass is 32.2. The van der Waals surface area contributed by atoms with Gasteiger partial charge in [0, 0.05) is 12.8 Å². The molecule has 0 radical (unpaired) electrons. The molecular formula is C17H32F2O2S. The van der Waals surface area contributed by atoms with Crippen molar-refractivity contribution >= 4 is 17.7 Å². The van der Waals surface area contributed by atoms with Gasteiger partial charge >= 0.3 is 5.97 Å². The van der Waals surface area contributed by atoms with Crippen molar-refractivity contribution in [2.45, 2.75) is 83.8 Å². The number of carbonyl (C=O) groups excluding carboxylic acids is 1. The zero-order chi connectivity index (χ0) is 17.0. The Kier molecular flexibility index (Phi) is 12.0. The molecule has 0 aliphatic carbocycles. The lowest BCUT2D eigenvalue weighted by molar-refractivity contribution is -0.144. The molecule has 0 spiro atoms. The number of unbranched alkanes of at least 4 members (excludes halogenated alkanes) is 1. The van der Waals surface area contributed by atoms with E-state index in [1.165, 1.54) is 11.8 Å². The lowest BCUT2D eigenvalue weighted by Gasteiger charge is -2.18. The van der Waals surface area contributed by atoms with E-state index in [1.807, 2.05) is 13.8 Å². The molecule has 0 fully saturated rings. The Morgan fingerprint density at radius 3 is 2.36 bits per heavy atom. The number of rotatable bonds is 13. The van der Waals surface area contributed by atoms with E-state index in [2.05, 4.69) is 6.92 Å². The van der Waals surface area contributed by atoms with Crippen LogP contribution in [0.2, 0.25) is 0 Å². The molecule has 0 bridgehead atoms. The number of thioether (sulfide) groups is 1. The van der Waals surface area contributed by atoms with Crippen LogP contribution in [0.25, 0.3) is 0 Å². The summed E-state index contributed by atoms with van der Waals surface area (Å²) in [6, 6.07) is 0. The van der Waals surface area contributed by atoms with E-state index >= 15 is 0 Å². The fourth-order valence-electron chi connectivity index (χ4n) is 2.05. The van der Waals surface area contributed by atoms with Crippen molar-refractivity contribution < 1.29 is 18.3 Å². The fraction of sp³-hybridized carbons (Fsp3) is 0.941. The topological polar surface area (TPSA) is 26.3 Å². The summed E-state index contributed by atoms with van der Waals surface area (Å²) in [6.07, 6.45) is 3.55. The molecule has 0 aliphatic rings. The zero-order valence-corrected chi connectivity index (χ0v) is 15.3. The van der Waals surface area contributed by atoms with Gasteiger partial charge in [0.25, 0.3) is 0 Å². The molecule has 1 atom stereocenters. The first kappa shape index (κ1) is 21.7.